The summed E-state index contributed by atoms with van der Waals surface area (Å²) < 4.78 is 7.48. The standard InChI is InChI=1S/C19H20N2S2/c1-20-14-8-3-5-10-16(14)22-18(20)12-7-13-19-21(2)15-9-4-6-11-17(15)23-19/h3-6,8-11H,7,12-13H2,1-2H3/q+2. The molecule has 0 saturated carbocycles. The lowest BCUT2D eigenvalue weighted by molar-refractivity contribution is -0.649. The molecule has 2 heterocycles. The first-order valence-electron chi connectivity index (χ1n) is 7.97. The number of hydrogen-bond donors (Lipinski definition) is 0. The average molecular weight is 341 g/mol. The van der Waals surface area contributed by atoms with Gasteiger partial charge in [0, 0.05) is 25.0 Å². The molecule has 4 aromatic rings. The van der Waals surface area contributed by atoms with Crippen molar-refractivity contribution in [1.82, 2.24) is 0 Å². The third-order valence-corrected chi connectivity index (χ3v) is 7.00. The quantitative estimate of drug-likeness (QED) is 0.497. The van der Waals surface area contributed by atoms with Gasteiger partial charge in [-0.3, -0.25) is 0 Å². The number of hydrogen-bond acceptors (Lipinski definition) is 2. The molecule has 0 radical (unpaired) electrons. The van der Waals surface area contributed by atoms with Crippen molar-refractivity contribution >= 4 is 43.1 Å². The van der Waals surface area contributed by atoms with E-state index in [-0.39, 0.29) is 0 Å². The van der Waals surface area contributed by atoms with Crippen molar-refractivity contribution in [2.75, 3.05) is 0 Å². The van der Waals surface area contributed by atoms with Crippen LogP contribution in [0, 0.1) is 0 Å². The lowest BCUT2D eigenvalue weighted by Crippen LogP contribution is -2.32. The Morgan fingerprint density at radius 2 is 1.13 bits per heavy atom. The molecular formula is C19H20N2S2+2. The Labute approximate surface area is 144 Å². The van der Waals surface area contributed by atoms with Gasteiger partial charge < -0.3 is 0 Å². The highest BCUT2D eigenvalue weighted by atomic mass is 32.1. The second kappa shape index (κ2) is 6.02. The van der Waals surface area contributed by atoms with Gasteiger partial charge >= 0.3 is 0 Å². The van der Waals surface area contributed by atoms with Crippen molar-refractivity contribution in [3.05, 3.63) is 58.5 Å². The molecule has 4 heteroatoms. The van der Waals surface area contributed by atoms with Crippen LogP contribution in [0.15, 0.2) is 48.5 Å². The maximum Gasteiger partial charge on any atom is 0.238 e. The summed E-state index contributed by atoms with van der Waals surface area (Å²) in [5, 5.41) is 2.94. The summed E-state index contributed by atoms with van der Waals surface area (Å²) in [6, 6.07) is 17.3. The molecule has 2 aromatic heterocycles. The Hall–Kier alpha value is -1.78. The SMILES string of the molecule is C[n+]1c(CCCc2sc3ccccc3[n+]2C)sc2ccccc21. The van der Waals surface area contributed by atoms with Gasteiger partial charge in [0.25, 0.3) is 0 Å². The van der Waals surface area contributed by atoms with E-state index in [1.807, 2.05) is 22.7 Å². The van der Waals surface area contributed by atoms with Crippen LogP contribution < -0.4 is 9.13 Å². The smallest absolute Gasteiger partial charge is 0.189 e. The molecule has 0 aliphatic heterocycles. The molecule has 2 aromatic carbocycles. The van der Waals surface area contributed by atoms with Crippen LogP contribution in [0.1, 0.15) is 16.4 Å². The zero-order valence-electron chi connectivity index (χ0n) is 13.5. The molecule has 2 nitrogen and oxygen atoms in total. The highest BCUT2D eigenvalue weighted by Gasteiger charge is 2.19. The zero-order valence-corrected chi connectivity index (χ0v) is 15.1. The largest absolute Gasteiger partial charge is 0.238 e. The molecule has 0 aliphatic rings. The van der Waals surface area contributed by atoms with Crippen LogP contribution in [0.25, 0.3) is 20.4 Å². The Balaban J connectivity index is 1.52. The van der Waals surface area contributed by atoms with Crippen molar-refractivity contribution in [2.45, 2.75) is 19.3 Å². The second-order valence-electron chi connectivity index (χ2n) is 5.90. The molecule has 0 atom stereocenters. The van der Waals surface area contributed by atoms with Crippen LogP contribution in [0.4, 0.5) is 0 Å². The Kier molecular flexibility index (Phi) is 3.87. The van der Waals surface area contributed by atoms with E-state index in [0.29, 0.717) is 0 Å². The summed E-state index contributed by atoms with van der Waals surface area (Å²) >= 11 is 3.86. The van der Waals surface area contributed by atoms with Crippen LogP contribution in [0.3, 0.4) is 0 Å². The van der Waals surface area contributed by atoms with Gasteiger partial charge in [-0.2, -0.15) is 9.13 Å². The number of fused-ring (bicyclic) bond motifs is 2. The van der Waals surface area contributed by atoms with Gasteiger partial charge in [-0.1, -0.05) is 46.9 Å². The number of aryl methyl sites for hydroxylation is 4. The molecule has 116 valence electrons. The van der Waals surface area contributed by atoms with E-state index >= 15 is 0 Å². The molecule has 4 rings (SSSR count). The molecular weight excluding hydrogens is 320 g/mol. The normalized spacial score (nSPS) is 11.6. The summed E-state index contributed by atoms with van der Waals surface area (Å²) in [5.41, 5.74) is 2.69. The fourth-order valence-corrected chi connectivity index (χ4v) is 5.51. The van der Waals surface area contributed by atoms with Crippen LogP contribution >= 0.6 is 22.7 Å². The molecule has 0 N–H and O–H groups in total. The van der Waals surface area contributed by atoms with E-state index in [1.165, 1.54) is 36.9 Å². The van der Waals surface area contributed by atoms with Crippen LogP contribution in [-0.4, -0.2) is 0 Å². The maximum atomic E-state index is 2.35. The predicted octanol–water partition coefficient (Wildman–Crippen LogP) is 3.94. The van der Waals surface area contributed by atoms with Gasteiger partial charge in [0.1, 0.15) is 23.5 Å². The summed E-state index contributed by atoms with van der Waals surface area (Å²) in [6.45, 7) is 0. The third kappa shape index (κ3) is 2.66. The van der Waals surface area contributed by atoms with E-state index in [2.05, 4.69) is 71.8 Å². The second-order valence-corrected chi connectivity index (χ2v) is 8.13. The number of rotatable bonds is 4. The third-order valence-electron chi connectivity index (χ3n) is 4.44. The molecule has 0 bridgehead atoms. The molecule has 0 aliphatic carbocycles. The predicted molar refractivity (Wildman–Crippen MR) is 98.0 cm³/mol. The van der Waals surface area contributed by atoms with E-state index < -0.39 is 0 Å². The summed E-state index contributed by atoms with van der Waals surface area (Å²) in [6.07, 6.45) is 3.48. The lowest BCUT2D eigenvalue weighted by atomic mass is 10.2. The lowest BCUT2D eigenvalue weighted by Gasteiger charge is -1.94. The van der Waals surface area contributed by atoms with Crippen LogP contribution in [0.5, 0.6) is 0 Å². The molecule has 23 heavy (non-hydrogen) atoms. The monoisotopic (exact) mass is 340 g/mol. The molecule has 0 fully saturated rings. The fraction of sp³-hybridized carbons (Fsp3) is 0.263. The number of benzene rings is 2. The van der Waals surface area contributed by atoms with E-state index in [4.69, 9.17) is 0 Å². The first-order chi connectivity index (χ1) is 11.2. The molecule has 0 saturated heterocycles. The van der Waals surface area contributed by atoms with Gasteiger partial charge in [0.15, 0.2) is 0 Å². The van der Waals surface area contributed by atoms with Crippen molar-refractivity contribution in [3.8, 4) is 0 Å². The Bertz CT molecular complexity index is 902. The first kappa shape index (κ1) is 14.8. The number of thiazole rings is 2. The number of aromatic nitrogens is 2. The highest BCUT2D eigenvalue weighted by molar-refractivity contribution is 7.18. The summed E-state index contributed by atoms with van der Waals surface area (Å²) in [4.78, 5) is 0. The van der Waals surface area contributed by atoms with Crippen molar-refractivity contribution < 1.29 is 9.13 Å². The van der Waals surface area contributed by atoms with Gasteiger partial charge in [0.05, 0.1) is 0 Å². The van der Waals surface area contributed by atoms with Crippen molar-refractivity contribution in [3.63, 3.8) is 0 Å². The number of nitrogens with zero attached hydrogens (tertiary/aromatic N) is 2. The van der Waals surface area contributed by atoms with E-state index in [9.17, 15) is 0 Å². The first-order valence-corrected chi connectivity index (χ1v) is 9.60. The van der Waals surface area contributed by atoms with Gasteiger partial charge in [-0.05, 0) is 18.6 Å². The van der Waals surface area contributed by atoms with Gasteiger partial charge in [-0.15, -0.1) is 0 Å². The van der Waals surface area contributed by atoms with Gasteiger partial charge in [0.2, 0.25) is 21.0 Å². The highest BCUT2D eigenvalue weighted by Crippen LogP contribution is 2.23. The average Bonchev–Trinajstić information content (AvgIpc) is 3.07. The van der Waals surface area contributed by atoms with Crippen molar-refractivity contribution in [2.24, 2.45) is 14.1 Å². The van der Waals surface area contributed by atoms with Crippen molar-refractivity contribution in [1.29, 1.82) is 0 Å². The topological polar surface area (TPSA) is 7.76 Å². The fourth-order valence-electron chi connectivity index (χ4n) is 3.13. The molecule has 0 spiro atoms. The van der Waals surface area contributed by atoms with E-state index in [1.54, 1.807) is 0 Å². The Morgan fingerprint density at radius 1 is 0.696 bits per heavy atom. The Morgan fingerprint density at radius 3 is 1.57 bits per heavy atom. The summed E-state index contributed by atoms with van der Waals surface area (Å²) in [7, 11) is 4.38. The summed E-state index contributed by atoms with van der Waals surface area (Å²) in [5.74, 6) is 0. The minimum atomic E-state index is 1.14. The minimum Gasteiger partial charge on any atom is -0.189 e. The van der Waals surface area contributed by atoms with Crippen LogP contribution in [-0.2, 0) is 26.9 Å². The minimum absolute atomic E-state index is 1.14. The zero-order chi connectivity index (χ0) is 15.8. The van der Waals surface area contributed by atoms with Crippen LogP contribution in [0.2, 0.25) is 0 Å². The molecule has 0 unspecified atom stereocenters. The molecule has 0 amide bonds. The van der Waals surface area contributed by atoms with Gasteiger partial charge in [-0.25, -0.2) is 0 Å². The van der Waals surface area contributed by atoms with E-state index in [0.717, 1.165) is 12.8 Å². The maximum absolute atomic E-state index is 2.35. The number of para-hydroxylation sites is 2.